The number of nitrogens with zero attached hydrogens (tertiary/aromatic N) is 1. The Balaban J connectivity index is 1.51. The molecule has 0 aromatic heterocycles. The molecule has 0 aromatic rings. The minimum absolute atomic E-state index is 0.0181. The van der Waals surface area contributed by atoms with Crippen molar-refractivity contribution in [3.8, 4) is 0 Å². The summed E-state index contributed by atoms with van der Waals surface area (Å²) in [6.07, 6.45) is 2.65. The Morgan fingerprint density at radius 2 is 2.22 bits per heavy atom. The Hall–Kier alpha value is 0.190. The molecular weight excluding hydrogens is 317 g/mol. The van der Waals surface area contributed by atoms with E-state index in [4.69, 9.17) is 23.3 Å². The molecule has 4 heterocycles. The van der Waals surface area contributed by atoms with Gasteiger partial charge in [0.25, 0.3) is 8.53 Å². The molecule has 7 atom stereocenters. The highest BCUT2D eigenvalue weighted by atomic mass is 31.2. The van der Waals surface area contributed by atoms with Gasteiger partial charge in [-0.05, 0) is 25.7 Å². The normalized spacial score (nSPS) is 49.4. The van der Waals surface area contributed by atoms with Crippen LogP contribution in [0.5, 0.6) is 0 Å². The fourth-order valence-electron chi connectivity index (χ4n) is 4.48. The molecule has 7 heteroatoms. The molecule has 0 N–H and O–H groups in total. The fourth-order valence-corrected chi connectivity index (χ4v) is 6.67. The first-order chi connectivity index (χ1) is 11.1. The largest absolute Gasteiger partial charge is 0.381 e. The zero-order chi connectivity index (χ0) is 16.2. The molecule has 4 aliphatic heterocycles. The van der Waals surface area contributed by atoms with Crippen LogP contribution in [-0.4, -0.2) is 67.6 Å². The van der Waals surface area contributed by atoms with Crippen LogP contribution in [0, 0.1) is 5.92 Å². The first-order valence-corrected chi connectivity index (χ1v) is 9.87. The lowest BCUT2D eigenvalue weighted by atomic mass is 9.99. The maximum absolute atomic E-state index is 6.52. The van der Waals surface area contributed by atoms with Crippen LogP contribution in [0.4, 0.5) is 0 Å². The standard InChI is InChI=1S/C16H28NO5P/c1-10(2)13-12-6-5-7-17(12)23(21-13)22-15-14-11(3)20-16(15,8-18-4)9-19-14/h10-15H,5-9H2,1-4H3/t11-,12?,13?,14+,15?,16-,23?/m0/s1. The van der Waals surface area contributed by atoms with Gasteiger partial charge >= 0.3 is 0 Å². The van der Waals surface area contributed by atoms with Crippen molar-refractivity contribution in [3.05, 3.63) is 0 Å². The second-order valence-electron chi connectivity index (χ2n) is 7.55. The Morgan fingerprint density at radius 1 is 1.39 bits per heavy atom. The van der Waals surface area contributed by atoms with E-state index in [1.165, 1.54) is 12.8 Å². The predicted octanol–water partition coefficient (Wildman–Crippen LogP) is 2.32. The van der Waals surface area contributed by atoms with Crippen molar-refractivity contribution in [2.75, 3.05) is 26.9 Å². The van der Waals surface area contributed by atoms with Crippen molar-refractivity contribution in [3.63, 3.8) is 0 Å². The van der Waals surface area contributed by atoms with Gasteiger partial charge in [0.2, 0.25) is 0 Å². The van der Waals surface area contributed by atoms with E-state index < -0.39 is 14.1 Å². The SMILES string of the molecule is COC[C@]12CO[C@@H](C1OP1OC(C(C)C)C3CCCN31)[C@H](C)O2. The lowest BCUT2D eigenvalue weighted by Gasteiger charge is -2.31. The summed E-state index contributed by atoms with van der Waals surface area (Å²) in [7, 11) is 0.677. The topological polar surface area (TPSA) is 49.4 Å². The van der Waals surface area contributed by atoms with Gasteiger partial charge in [0, 0.05) is 19.7 Å². The van der Waals surface area contributed by atoms with E-state index in [1.807, 2.05) is 0 Å². The number of rotatable bonds is 5. The Kier molecular flexibility index (Phi) is 4.46. The maximum atomic E-state index is 6.52. The Morgan fingerprint density at radius 3 is 2.91 bits per heavy atom. The monoisotopic (exact) mass is 345 g/mol. The molecule has 0 radical (unpaired) electrons. The highest BCUT2D eigenvalue weighted by Crippen LogP contribution is 2.60. The van der Waals surface area contributed by atoms with E-state index >= 15 is 0 Å². The fraction of sp³-hybridized carbons (Fsp3) is 1.00. The highest BCUT2D eigenvalue weighted by molar-refractivity contribution is 7.45. The van der Waals surface area contributed by atoms with Gasteiger partial charge in [0.1, 0.15) is 17.8 Å². The first-order valence-electron chi connectivity index (χ1n) is 8.74. The average Bonchev–Trinajstić information content (AvgIpc) is 3.20. The third-order valence-electron chi connectivity index (χ3n) is 5.54. The highest BCUT2D eigenvalue weighted by Gasteiger charge is 2.63. The van der Waals surface area contributed by atoms with Gasteiger partial charge in [-0.2, -0.15) is 0 Å². The van der Waals surface area contributed by atoms with E-state index in [0.29, 0.717) is 25.2 Å². The summed E-state index contributed by atoms with van der Waals surface area (Å²) in [5.74, 6) is 0.511. The lowest BCUT2D eigenvalue weighted by Crippen LogP contribution is -2.45. The molecular formula is C16H28NO5P. The molecule has 4 aliphatic rings. The molecule has 0 amide bonds. The molecule has 4 rings (SSSR count). The predicted molar refractivity (Wildman–Crippen MR) is 86.1 cm³/mol. The van der Waals surface area contributed by atoms with Gasteiger partial charge in [0.15, 0.2) is 0 Å². The Labute approximate surface area is 139 Å². The van der Waals surface area contributed by atoms with Gasteiger partial charge in [-0.1, -0.05) is 13.8 Å². The van der Waals surface area contributed by atoms with Crippen LogP contribution in [0.2, 0.25) is 0 Å². The number of ether oxygens (including phenoxy) is 3. The summed E-state index contributed by atoms with van der Waals surface area (Å²) >= 11 is 0. The molecule has 0 spiro atoms. The second kappa shape index (κ2) is 6.17. The zero-order valence-corrected chi connectivity index (χ0v) is 15.3. The molecule has 4 unspecified atom stereocenters. The summed E-state index contributed by atoms with van der Waals surface area (Å²) in [6.45, 7) is 8.64. The van der Waals surface area contributed by atoms with E-state index in [-0.39, 0.29) is 24.4 Å². The van der Waals surface area contributed by atoms with E-state index in [2.05, 4.69) is 25.4 Å². The van der Waals surface area contributed by atoms with Gasteiger partial charge in [0.05, 0.1) is 25.4 Å². The van der Waals surface area contributed by atoms with Crippen molar-refractivity contribution >= 4 is 8.53 Å². The first kappa shape index (κ1) is 16.6. The molecule has 132 valence electrons. The van der Waals surface area contributed by atoms with Crippen LogP contribution >= 0.6 is 8.53 Å². The van der Waals surface area contributed by atoms with Crippen molar-refractivity contribution in [1.29, 1.82) is 0 Å². The number of hydrogen-bond acceptors (Lipinski definition) is 6. The van der Waals surface area contributed by atoms with Gasteiger partial charge in [-0.15, -0.1) is 0 Å². The average molecular weight is 345 g/mol. The lowest BCUT2D eigenvalue weighted by molar-refractivity contribution is -0.158. The van der Waals surface area contributed by atoms with Crippen molar-refractivity contribution in [2.45, 2.75) is 69.7 Å². The zero-order valence-electron chi connectivity index (χ0n) is 14.4. The van der Waals surface area contributed by atoms with Crippen LogP contribution in [0.15, 0.2) is 0 Å². The van der Waals surface area contributed by atoms with E-state index in [0.717, 1.165) is 6.54 Å². The quantitative estimate of drug-likeness (QED) is 0.713. The molecule has 2 bridgehead atoms. The second-order valence-corrected chi connectivity index (χ2v) is 8.96. The Bertz CT molecular complexity index is 452. The molecule has 0 aromatic carbocycles. The van der Waals surface area contributed by atoms with E-state index in [9.17, 15) is 0 Å². The molecule has 6 nitrogen and oxygen atoms in total. The van der Waals surface area contributed by atoms with Crippen LogP contribution in [0.25, 0.3) is 0 Å². The summed E-state index contributed by atoms with van der Waals surface area (Å²) < 4.78 is 32.8. The van der Waals surface area contributed by atoms with Crippen molar-refractivity contribution in [1.82, 2.24) is 4.67 Å². The minimum Gasteiger partial charge on any atom is -0.381 e. The van der Waals surface area contributed by atoms with Crippen LogP contribution in [-0.2, 0) is 23.3 Å². The minimum atomic E-state index is -1.03. The number of fused-ring (bicyclic) bond motifs is 3. The molecule has 0 saturated carbocycles. The smallest absolute Gasteiger partial charge is 0.259 e. The van der Waals surface area contributed by atoms with Crippen LogP contribution in [0.1, 0.15) is 33.6 Å². The molecule has 4 fully saturated rings. The van der Waals surface area contributed by atoms with E-state index in [1.54, 1.807) is 7.11 Å². The third-order valence-corrected chi connectivity index (χ3v) is 7.29. The summed E-state index contributed by atoms with van der Waals surface area (Å²) in [4.78, 5) is 0. The molecule has 4 saturated heterocycles. The summed E-state index contributed by atoms with van der Waals surface area (Å²) in [5.41, 5.74) is -0.477. The van der Waals surface area contributed by atoms with Crippen LogP contribution < -0.4 is 0 Å². The summed E-state index contributed by atoms with van der Waals surface area (Å²) in [6, 6.07) is 0.512. The third kappa shape index (κ3) is 2.58. The molecule has 0 aliphatic carbocycles. The summed E-state index contributed by atoms with van der Waals surface area (Å²) in [5, 5.41) is 0. The number of methoxy groups -OCH3 is 1. The van der Waals surface area contributed by atoms with Crippen molar-refractivity contribution < 1.29 is 23.3 Å². The number of hydrogen-bond donors (Lipinski definition) is 0. The maximum Gasteiger partial charge on any atom is 0.259 e. The van der Waals surface area contributed by atoms with Gasteiger partial charge in [-0.3, -0.25) is 0 Å². The van der Waals surface area contributed by atoms with Crippen molar-refractivity contribution in [2.24, 2.45) is 5.92 Å². The molecule has 23 heavy (non-hydrogen) atoms. The van der Waals surface area contributed by atoms with Gasteiger partial charge < -0.3 is 23.3 Å². The van der Waals surface area contributed by atoms with Gasteiger partial charge in [-0.25, -0.2) is 4.67 Å². The van der Waals surface area contributed by atoms with Crippen LogP contribution in [0.3, 0.4) is 0 Å².